The number of aromatic nitrogens is 1. The van der Waals surface area contributed by atoms with Gasteiger partial charge in [0.25, 0.3) is 0 Å². The van der Waals surface area contributed by atoms with Gasteiger partial charge in [0.1, 0.15) is 9.71 Å². The Hall–Kier alpha value is -1.47. The third kappa shape index (κ3) is 2.83. The van der Waals surface area contributed by atoms with Crippen molar-refractivity contribution in [1.82, 2.24) is 4.98 Å². The number of thiazole rings is 1. The molecule has 0 radical (unpaired) electrons. The average molecular weight is 312 g/mol. The predicted octanol–water partition coefficient (Wildman–Crippen LogP) is 3.44. The van der Waals surface area contributed by atoms with Crippen molar-refractivity contribution in [2.24, 2.45) is 5.92 Å². The van der Waals surface area contributed by atoms with E-state index in [9.17, 15) is 9.59 Å². The van der Waals surface area contributed by atoms with E-state index < -0.39 is 0 Å². The summed E-state index contributed by atoms with van der Waals surface area (Å²) in [6, 6.07) is 0. The molecule has 2 aromatic heterocycles. The second kappa shape index (κ2) is 5.88. The number of anilines is 1. The average Bonchev–Trinajstić information content (AvgIpc) is 2.89. The smallest absolute Gasteiger partial charge is 0.348 e. The zero-order valence-electron chi connectivity index (χ0n) is 11.8. The van der Waals surface area contributed by atoms with Crippen molar-refractivity contribution in [1.29, 1.82) is 0 Å². The van der Waals surface area contributed by atoms with Crippen molar-refractivity contribution >= 4 is 49.2 Å². The number of aryl methyl sites for hydroxylation is 1. The summed E-state index contributed by atoms with van der Waals surface area (Å²) in [5.74, 6) is -0.462. The van der Waals surface area contributed by atoms with Gasteiger partial charge in [0, 0.05) is 5.92 Å². The molecule has 1 amide bonds. The van der Waals surface area contributed by atoms with Crippen molar-refractivity contribution in [2.75, 3.05) is 11.9 Å². The molecule has 1 N–H and O–H groups in total. The summed E-state index contributed by atoms with van der Waals surface area (Å²) in [5, 5.41) is 3.35. The van der Waals surface area contributed by atoms with Crippen molar-refractivity contribution < 1.29 is 14.3 Å². The minimum atomic E-state index is -0.312. The Balaban J connectivity index is 2.29. The standard InChI is InChI=1S/C13H16N2O3S2/c1-5-18-12(17)9-7(4)8-11(19-9)15-13(20-8)14-10(16)6(2)3/h6H,5H2,1-4H3,(H,14,15,16). The van der Waals surface area contributed by atoms with Crippen LogP contribution in [0.1, 0.15) is 36.0 Å². The molecule has 0 aromatic carbocycles. The van der Waals surface area contributed by atoms with Crippen LogP contribution < -0.4 is 5.32 Å². The monoisotopic (exact) mass is 312 g/mol. The van der Waals surface area contributed by atoms with Crippen LogP contribution in [-0.4, -0.2) is 23.5 Å². The lowest BCUT2D eigenvalue weighted by atomic mass is 10.2. The van der Waals surface area contributed by atoms with Gasteiger partial charge in [-0.1, -0.05) is 25.2 Å². The van der Waals surface area contributed by atoms with Gasteiger partial charge in [0.05, 0.1) is 11.3 Å². The first-order chi connectivity index (χ1) is 9.43. The lowest BCUT2D eigenvalue weighted by Gasteiger charge is -2.03. The van der Waals surface area contributed by atoms with Crippen molar-refractivity contribution in [3.8, 4) is 0 Å². The maximum atomic E-state index is 11.8. The van der Waals surface area contributed by atoms with Gasteiger partial charge in [0.15, 0.2) is 5.13 Å². The number of ether oxygens (including phenoxy) is 1. The summed E-state index contributed by atoms with van der Waals surface area (Å²) in [7, 11) is 0. The van der Waals surface area contributed by atoms with Gasteiger partial charge in [-0.15, -0.1) is 11.3 Å². The van der Waals surface area contributed by atoms with Crippen molar-refractivity contribution in [3.05, 3.63) is 10.4 Å². The van der Waals surface area contributed by atoms with Crippen LogP contribution in [0.2, 0.25) is 0 Å². The maximum absolute atomic E-state index is 11.8. The van der Waals surface area contributed by atoms with Crippen LogP contribution in [-0.2, 0) is 9.53 Å². The zero-order chi connectivity index (χ0) is 14.9. The number of hydrogen-bond donors (Lipinski definition) is 1. The molecule has 5 nitrogen and oxygen atoms in total. The topological polar surface area (TPSA) is 68.3 Å². The molecular weight excluding hydrogens is 296 g/mol. The first-order valence-electron chi connectivity index (χ1n) is 6.32. The second-order valence-corrected chi connectivity index (χ2v) is 6.57. The van der Waals surface area contributed by atoms with Crippen LogP contribution in [0.4, 0.5) is 5.13 Å². The van der Waals surface area contributed by atoms with Crippen LogP contribution in [0.15, 0.2) is 0 Å². The molecule has 0 aliphatic heterocycles. The predicted molar refractivity (Wildman–Crippen MR) is 81.7 cm³/mol. The van der Waals surface area contributed by atoms with Gasteiger partial charge in [-0.3, -0.25) is 4.79 Å². The largest absolute Gasteiger partial charge is 0.462 e. The number of carbonyl (C=O) groups is 2. The van der Waals surface area contributed by atoms with Crippen LogP contribution in [0.3, 0.4) is 0 Å². The molecule has 0 spiro atoms. The Morgan fingerprint density at radius 3 is 2.60 bits per heavy atom. The number of esters is 1. The van der Waals surface area contributed by atoms with Gasteiger partial charge in [-0.2, -0.15) is 0 Å². The van der Waals surface area contributed by atoms with Gasteiger partial charge >= 0.3 is 5.97 Å². The van der Waals surface area contributed by atoms with E-state index in [0.717, 1.165) is 15.1 Å². The number of thiophene rings is 1. The molecular formula is C13H16N2O3S2. The molecule has 20 heavy (non-hydrogen) atoms. The molecule has 2 heterocycles. The number of carbonyl (C=O) groups excluding carboxylic acids is 2. The highest BCUT2D eigenvalue weighted by Crippen LogP contribution is 2.37. The fourth-order valence-corrected chi connectivity index (χ4v) is 3.80. The van der Waals surface area contributed by atoms with Crippen molar-refractivity contribution in [3.63, 3.8) is 0 Å². The third-order valence-corrected chi connectivity index (χ3v) is 5.08. The molecule has 2 aromatic rings. The van der Waals surface area contributed by atoms with E-state index in [2.05, 4.69) is 10.3 Å². The molecule has 108 valence electrons. The van der Waals surface area contributed by atoms with E-state index in [1.807, 2.05) is 20.8 Å². The fraction of sp³-hybridized carbons (Fsp3) is 0.462. The summed E-state index contributed by atoms with van der Waals surface area (Å²) in [6.45, 7) is 7.66. The summed E-state index contributed by atoms with van der Waals surface area (Å²) < 4.78 is 5.94. The number of amides is 1. The molecule has 0 fully saturated rings. The zero-order valence-corrected chi connectivity index (χ0v) is 13.4. The molecule has 0 aliphatic carbocycles. The summed E-state index contributed by atoms with van der Waals surface area (Å²) in [5.41, 5.74) is 0.867. The van der Waals surface area contributed by atoms with E-state index in [-0.39, 0.29) is 17.8 Å². The van der Waals surface area contributed by atoms with E-state index in [4.69, 9.17) is 4.74 Å². The molecule has 0 aliphatic rings. The maximum Gasteiger partial charge on any atom is 0.348 e. The van der Waals surface area contributed by atoms with E-state index in [1.165, 1.54) is 22.7 Å². The molecule has 0 bridgehead atoms. The fourth-order valence-electron chi connectivity index (χ4n) is 1.58. The van der Waals surface area contributed by atoms with Gasteiger partial charge < -0.3 is 10.1 Å². The summed E-state index contributed by atoms with van der Waals surface area (Å²) in [6.07, 6.45) is 0. The summed E-state index contributed by atoms with van der Waals surface area (Å²) >= 11 is 2.69. The first-order valence-corrected chi connectivity index (χ1v) is 7.95. The SMILES string of the molecule is CCOC(=O)c1sc2nc(NC(=O)C(C)C)sc2c1C. The Kier molecular flexibility index (Phi) is 4.39. The molecule has 0 saturated carbocycles. The van der Waals surface area contributed by atoms with E-state index in [0.29, 0.717) is 16.6 Å². The van der Waals surface area contributed by atoms with E-state index in [1.54, 1.807) is 6.92 Å². The number of rotatable bonds is 4. The van der Waals surface area contributed by atoms with Crippen LogP contribution in [0.25, 0.3) is 9.53 Å². The lowest BCUT2D eigenvalue weighted by Crippen LogP contribution is -2.17. The molecule has 0 saturated heterocycles. The Morgan fingerprint density at radius 1 is 1.35 bits per heavy atom. The van der Waals surface area contributed by atoms with Crippen LogP contribution >= 0.6 is 22.7 Å². The highest BCUT2D eigenvalue weighted by molar-refractivity contribution is 7.30. The minimum Gasteiger partial charge on any atom is -0.462 e. The number of hydrogen-bond acceptors (Lipinski definition) is 6. The quantitative estimate of drug-likeness (QED) is 0.878. The highest BCUT2D eigenvalue weighted by Gasteiger charge is 2.20. The molecule has 7 heteroatoms. The normalized spacial score (nSPS) is 11.1. The molecule has 0 atom stereocenters. The lowest BCUT2D eigenvalue weighted by molar-refractivity contribution is -0.118. The minimum absolute atomic E-state index is 0.0605. The van der Waals surface area contributed by atoms with Gasteiger partial charge in [-0.05, 0) is 19.4 Å². The van der Waals surface area contributed by atoms with Gasteiger partial charge in [0.2, 0.25) is 5.91 Å². The van der Waals surface area contributed by atoms with Crippen LogP contribution in [0.5, 0.6) is 0 Å². The van der Waals surface area contributed by atoms with E-state index >= 15 is 0 Å². The van der Waals surface area contributed by atoms with Crippen LogP contribution in [0, 0.1) is 12.8 Å². The first kappa shape index (κ1) is 14.9. The Morgan fingerprint density at radius 2 is 2.05 bits per heavy atom. The third-order valence-electron chi connectivity index (χ3n) is 2.69. The van der Waals surface area contributed by atoms with Crippen molar-refractivity contribution in [2.45, 2.75) is 27.7 Å². The highest BCUT2D eigenvalue weighted by atomic mass is 32.1. The summed E-state index contributed by atoms with van der Waals surface area (Å²) in [4.78, 5) is 29.1. The molecule has 0 unspecified atom stereocenters. The molecule has 2 rings (SSSR count). The number of fused-ring (bicyclic) bond motifs is 1. The Bertz CT molecular complexity index is 658. The van der Waals surface area contributed by atoms with Gasteiger partial charge in [-0.25, -0.2) is 9.78 Å². The Labute approximate surface area is 125 Å². The number of nitrogens with one attached hydrogen (secondary N) is 1. The second-order valence-electron chi connectivity index (χ2n) is 4.57. The number of nitrogens with zero attached hydrogens (tertiary/aromatic N) is 1.